The third-order valence-electron chi connectivity index (χ3n) is 5.35. The van der Waals surface area contributed by atoms with Crippen LogP contribution >= 0.6 is 0 Å². The molecule has 1 unspecified atom stereocenters. The summed E-state index contributed by atoms with van der Waals surface area (Å²) in [6.07, 6.45) is 1.78. The predicted molar refractivity (Wildman–Crippen MR) is 125 cm³/mol. The van der Waals surface area contributed by atoms with Crippen LogP contribution in [-0.2, 0) is 4.79 Å². The molecule has 1 aliphatic heterocycles. The van der Waals surface area contributed by atoms with Crippen molar-refractivity contribution in [2.24, 2.45) is 0 Å². The van der Waals surface area contributed by atoms with Gasteiger partial charge in [0.25, 0.3) is 5.91 Å². The maximum absolute atomic E-state index is 12.5. The Morgan fingerprint density at radius 3 is 2.28 bits per heavy atom. The highest BCUT2D eigenvalue weighted by atomic mass is 16.5. The van der Waals surface area contributed by atoms with E-state index in [0.29, 0.717) is 18.0 Å². The van der Waals surface area contributed by atoms with Crippen LogP contribution in [0.25, 0.3) is 11.3 Å². The molecule has 7 heteroatoms. The summed E-state index contributed by atoms with van der Waals surface area (Å²) in [6, 6.07) is 18.8. The fourth-order valence-corrected chi connectivity index (χ4v) is 3.60. The van der Waals surface area contributed by atoms with Crippen molar-refractivity contribution in [3.8, 4) is 22.8 Å². The van der Waals surface area contributed by atoms with E-state index in [4.69, 9.17) is 9.47 Å². The number of hydrogen-bond acceptors (Lipinski definition) is 6. The summed E-state index contributed by atoms with van der Waals surface area (Å²) in [6.45, 7) is 6.35. The van der Waals surface area contributed by atoms with Crippen molar-refractivity contribution in [3.05, 3.63) is 60.7 Å². The van der Waals surface area contributed by atoms with Crippen LogP contribution in [0.15, 0.2) is 60.7 Å². The standard InChI is InChI=1S/C25H28N4O3/c1-3-31-21-10-12-22(13-11-21)32-18(2)25(30)26-20-8-6-19(7-9-20)23-14-15-24(28-27-23)29-16-4-5-17-29/h6-15,18H,3-5,16-17H2,1-2H3,(H,26,30). The highest BCUT2D eigenvalue weighted by Crippen LogP contribution is 2.23. The molecule has 2 aromatic carbocycles. The van der Waals surface area contributed by atoms with E-state index in [1.807, 2.05) is 55.5 Å². The molecule has 1 fully saturated rings. The number of aromatic nitrogens is 2. The predicted octanol–water partition coefficient (Wildman–Crippen LogP) is 4.55. The molecule has 0 aliphatic carbocycles. The molecule has 1 amide bonds. The third kappa shape index (κ3) is 5.35. The van der Waals surface area contributed by atoms with E-state index in [2.05, 4.69) is 20.4 Å². The smallest absolute Gasteiger partial charge is 0.265 e. The van der Waals surface area contributed by atoms with Crippen LogP contribution in [0.5, 0.6) is 11.5 Å². The van der Waals surface area contributed by atoms with E-state index in [-0.39, 0.29) is 5.91 Å². The van der Waals surface area contributed by atoms with Crippen LogP contribution < -0.4 is 19.7 Å². The van der Waals surface area contributed by atoms with Crippen molar-refractivity contribution in [3.63, 3.8) is 0 Å². The quantitative estimate of drug-likeness (QED) is 0.563. The van der Waals surface area contributed by atoms with Crippen molar-refractivity contribution >= 4 is 17.4 Å². The average molecular weight is 433 g/mol. The van der Waals surface area contributed by atoms with Gasteiger partial charge in [0.15, 0.2) is 11.9 Å². The fourth-order valence-electron chi connectivity index (χ4n) is 3.60. The molecule has 1 atom stereocenters. The van der Waals surface area contributed by atoms with Crippen LogP contribution in [0.4, 0.5) is 11.5 Å². The zero-order valence-electron chi connectivity index (χ0n) is 18.5. The first kappa shape index (κ1) is 21.6. The van der Waals surface area contributed by atoms with Gasteiger partial charge in [0.05, 0.1) is 12.3 Å². The van der Waals surface area contributed by atoms with E-state index >= 15 is 0 Å². The molecule has 0 radical (unpaired) electrons. The Bertz CT molecular complexity index is 1010. The Kier molecular flexibility index (Phi) is 6.84. The molecule has 1 saturated heterocycles. The van der Waals surface area contributed by atoms with E-state index in [1.54, 1.807) is 19.1 Å². The van der Waals surface area contributed by atoms with Crippen LogP contribution in [-0.4, -0.2) is 41.9 Å². The Balaban J connectivity index is 1.32. The van der Waals surface area contributed by atoms with Crippen molar-refractivity contribution in [1.29, 1.82) is 0 Å². The van der Waals surface area contributed by atoms with Crippen LogP contribution in [0.1, 0.15) is 26.7 Å². The maximum atomic E-state index is 12.5. The van der Waals surface area contributed by atoms with Gasteiger partial charge in [-0.15, -0.1) is 10.2 Å². The first-order chi connectivity index (χ1) is 15.6. The lowest BCUT2D eigenvalue weighted by Gasteiger charge is -2.16. The van der Waals surface area contributed by atoms with Crippen molar-refractivity contribution in [2.75, 3.05) is 29.9 Å². The van der Waals surface area contributed by atoms with Crippen LogP contribution in [0.2, 0.25) is 0 Å². The lowest BCUT2D eigenvalue weighted by molar-refractivity contribution is -0.122. The summed E-state index contributed by atoms with van der Waals surface area (Å²) in [4.78, 5) is 14.8. The summed E-state index contributed by atoms with van der Waals surface area (Å²) >= 11 is 0. The number of benzene rings is 2. The highest BCUT2D eigenvalue weighted by Gasteiger charge is 2.16. The lowest BCUT2D eigenvalue weighted by Crippen LogP contribution is -2.30. The Morgan fingerprint density at radius 2 is 1.66 bits per heavy atom. The van der Waals surface area contributed by atoms with Gasteiger partial charge >= 0.3 is 0 Å². The van der Waals surface area contributed by atoms with E-state index in [0.717, 1.165) is 35.9 Å². The zero-order valence-corrected chi connectivity index (χ0v) is 18.5. The molecule has 1 aromatic heterocycles. The zero-order chi connectivity index (χ0) is 22.3. The second kappa shape index (κ2) is 10.1. The first-order valence-corrected chi connectivity index (χ1v) is 11.0. The molecule has 2 heterocycles. The SMILES string of the molecule is CCOc1ccc(OC(C)C(=O)Nc2ccc(-c3ccc(N4CCCC4)nn3)cc2)cc1. The summed E-state index contributed by atoms with van der Waals surface area (Å²) in [5.41, 5.74) is 2.45. The Morgan fingerprint density at radius 1 is 0.969 bits per heavy atom. The number of anilines is 2. The summed E-state index contributed by atoms with van der Waals surface area (Å²) in [7, 11) is 0. The molecule has 1 aliphatic rings. The second-order valence-electron chi connectivity index (χ2n) is 7.70. The summed E-state index contributed by atoms with van der Waals surface area (Å²) in [5.74, 6) is 2.09. The minimum absolute atomic E-state index is 0.221. The maximum Gasteiger partial charge on any atom is 0.265 e. The molecule has 0 spiro atoms. The van der Waals surface area contributed by atoms with E-state index in [9.17, 15) is 4.79 Å². The molecule has 0 bridgehead atoms. The first-order valence-electron chi connectivity index (χ1n) is 11.0. The van der Waals surface area contributed by atoms with Gasteiger partial charge < -0.3 is 19.7 Å². The van der Waals surface area contributed by atoms with Gasteiger partial charge in [0.1, 0.15) is 11.5 Å². The van der Waals surface area contributed by atoms with Crippen molar-refractivity contribution < 1.29 is 14.3 Å². The van der Waals surface area contributed by atoms with Crippen LogP contribution in [0, 0.1) is 0 Å². The normalized spacial score (nSPS) is 14.1. The molecule has 1 N–H and O–H groups in total. The summed E-state index contributed by atoms with van der Waals surface area (Å²) < 4.78 is 11.2. The van der Waals surface area contributed by atoms with Gasteiger partial charge in [-0.05, 0) is 75.2 Å². The number of ether oxygens (including phenoxy) is 2. The Hall–Kier alpha value is -3.61. The minimum atomic E-state index is -0.642. The number of amides is 1. The van der Waals surface area contributed by atoms with Crippen LogP contribution in [0.3, 0.4) is 0 Å². The van der Waals surface area contributed by atoms with Gasteiger partial charge in [0, 0.05) is 24.3 Å². The van der Waals surface area contributed by atoms with Gasteiger partial charge in [0.2, 0.25) is 0 Å². The second-order valence-corrected chi connectivity index (χ2v) is 7.70. The number of carbonyl (C=O) groups is 1. The van der Waals surface area contributed by atoms with E-state index < -0.39 is 6.10 Å². The van der Waals surface area contributed by atoms with Gasteiger partial charge in [-0.1, -0.05) is 12.1 Å². The van der Waals surface area contributed by atoms with E-state index in [1.165, 1.54) is 12.8 Å². The number of carbonyl (C=O) groups excluding carboxylic acids is 1. The van der Waals surface area contributed by atoms with Crippen molar-refractivity contribution in [2.45, 2.75) is 32.8 Å². The highest BCUT2D eigenvalue weighted by molar-refractivity contribution is 5.94. The molecule has 3 aromatic rings. The van der Waals surface area contributed by atoms with Gasteiger partial charge in [-0.3, -0.25) is 4.79 Å². The molecule has 166 valence electrons. The molecule has 32 heavy (non-hydrogen) atoms. The van der Waals surface area contributed by atoms with Crippen molar-refractivity contribution in [1.82, 2.24) is 10.2 Å². The minimum Gasteiger partial charge on any atom is -0.494 e. The third-order valence-corrected chi connectivity index (χ3v) is 5.35. The number of nitrogens with zero attached hydrogens (tertiary/aromatic N) is 3. The summed E-state index contributed by atoms with van der Waals surface area (Å²) in [5, 5.41) is 11.6. The van der Waals surface area contributed by atoms with Gasteiger partial charge in [-0.2, -0.15) is 0 Å². The Labute approximate surface area is 188 Å². The molecular formula is C25H28N4O3. The molecule has 0 saturated carbocycles. The number of hydrogen-bond donors (Lipinski definition) is 1. The molecule has 4 rings (SSSR count). The topological polar surface area (TPSA) is 76.6 Å². The fraction of sp³-hybridized carbons (Fsp3) is 0.320. The molecular weight excluding hydrogens is 404 g/mol. The lowest BCUT2D eigenvalue weighted by atomic mass is 10.1. The largest absolute Gasteiger partial charge is 0.494 e. The van der Waals surface area contributed by atoms with Gasteiger partial charge in [-0.25, -0.2) is 0 Å². The average Bonchev–Trinajstić information content (AvgIpc) is 3.36. The monoisotopic (exact) mass is 432 g/mol. The number of rotatable bonds is 8. The molecule has 7 nitrogen and oxygen atoms in total. The number of nitrogens with one attached hydrogen (secondary N) is 1.